The second kappa shape index (κ2) is 8.14. The number of methoxy groups -OCH3 is 2. The van der Waals surface area contributed by atoms with Gasteiger partial charge in [-0.2, -0.15) is 10.1 Å². The molecule has 0 amide bonds. The van der Waals surface area contributed by atoms with Gasteiger partial charge in [-0.3, -0.25) is 0 Å². The fourth-order valence-corrected chi connectivity index (χ4v) is 1.91. The summed E-state index contributed by atoms with van der Waals surface area (Å²) in [4.78, 5) is 4.38. The van der Waals surface area contributed by atoms with Crippen molar-refractivity contribution in [3.8, 4) is 5.75 Å². The number of nitrogens with zero attached hydrogens (tertiary/aromatic N) is 3. The van der Waals surface area contributed by atoms with Crippen LogP contribution in [0, 0.1) is 6.92 Å². The Kier molecular flexibility index (Phi) is 5.91. The number of rotatable bonds is 8. The van der Waals surface area contributed by atoms with Gasteiger partial charge in [-0.1, -0.05) is 6.07 Å². The van der Waals surface area contributed by atoms with E-state index in [1.807, 2.05) is 25.1 Å². The molecule has 7 nitrogen and oxygen atoms in total. The molecule has 0 spiro atoms. The lowest BCUT2D eigenvalue weighted by Crippen LogP contribution is -2.09. The van der Waals surface area contributed by atoms with Gasteiger partial charge in [-0.05, 0) is 31.0 Å². The monoisotopic (exact) mass is 303 g/mol. The molecule has 0 unspecified atom stereocenters. The Morgan fingerprint density at radius 2 is 2.09 bits per heavy atom. The van der Waals surface area contributed by atoms with Gasteiger partial charge in [0, 0.05) is 20.3 Å². The largest absolute Gasteiger partial charge is 0.495 e. The highest BCUT2D eigenvalue weighted by atomic mass is 16.5. The van der Waals surface area contributed by atoms with Crippen molar-refractivity contribution in [2.45, 2.75) is 13.3 Å². The first-order chi connectivity index (χ1) is 10.7. The van der Waals surface area contributed by atoms with Crippen LogP contribution in [0.1, 0.15) is 12.0 Å². The van der Waals surface area contributed by atoms with Gasteiger partial charge in [0.25, 0.3) is 0 Å². The summed E-state index contributed by atoms with van der Waals surface area (Å²) in [5, 5.41) is 14.2. The van der Waals surface area contributed by atoms with E-state index in [2.05, 4.69) is 25.8 Å². The molecular formula is C15H21N5O2. The van der Waals surface area contributed by atoms with Crippen LogP contribution >= 0.6 is 0 Å². The van der Waals surface area contributed by atoms with Crippen molar-refractivity contribution in [1.82, 2.24) is 15.2 Å². The predicted molar refractivity (Wildman–Crippen MR) is 85.8 cm³/mol. The summed E-state index contributed by atoms with van der Waals surface area (Å²) in [5.41, 5.74) is 1.97. The second-order valence-electron chi connectivity index (χ2n) is 4.77. The van der Waals surface area contributed by atoms with Crippen LogP contribution in [0.2, 0.25) is 0 Å². The van der Waals surface area contributed by atoms with Crippen molar-refractivity contribution in [1.29, 1.82) is 0 Å². The Bertz CT molecular complexity index is 606. The van der Waals surface area contributed by atoms with Crippen molar-refractivity contribution in [3.05, 3.63) is 30.0 Å². The Labute approximate surface area is 130 Å². The minimum absolute atomic E-state index is 0.479. The number of ether oxygens (including phenoxy) is 2. The summed E-state index contributed by atoms with van der Waals surface area (Å²) < 4.78 is 10.3. The highest BCUT2D eigenvalue weighted by Gasteiger charge is 2.06. The Morgan fingerprint density at radius 3 is 2.86 bits per heavy atom. The molecule has 7 heteroatoms. The Morgan fingerprint density at radius 1 is 1.23 bits per heavy atom. The van der Waals surface area contributed by atoms with E-state index in [0.29, 0.717) is 18.4 Å². The molecule has 118 valence electrons. The van der Waals surface area contributed by atoms with E-state index in [-0.39, 0.29) is 0 Å². The van der Waals surface area contributed by atoms with Gasteiger partial charge in [0.15, 0.2) is 5.82 Å². The van der Waals surface area contributed by atoms with Crippen molar-refractivity contribution in [3.63, 3.8) is 0 Å². The molecule has 0 bridgehead atoms. The average molecular weight is 303 g/mol. The fraction of sp³-hybridized carbons (Fsp3) is 0.400. The third kappa shape index (κ3) is 4.56. The molecular weight excluding hydrogens is 282 g/mol. The molecule has 0 saturated heterocycles. The summed E-state index contributed by atoms with van der Waals surface area (Å²) in [5.74, 6) is 1.83. The molecule has 0 aliphatic rings. The van der Waals surface area contributed by atoms with Crippen LogP contribution in [0.15, 0.2) is 24.4 Å². The lowest BCUT2D eigenvalue weighted by molar-refractivity contribution is 0.197. The fourth-order valence-electron chi connectivity index (χ4n) is 1.91. The summed E-state index contributed by atoms with van der Waals surface area (Å²) in [6, 6.07) is 5.90. The molecule has 22 heavy (non-hydrogen) atoms. The molecule has 0 atom stereocenters. The van der Waals surface area contributed by atoms with Gasteiger partial charge in [0.1, 0.15) is 5.75 Å². The number of hydrogen-bond acceptors (Lipinski definition) is 7. The third-order valence-corrected chi connectivity index (χ3v) is 2.98. The van der Waals surface area contributed by atoms with Crippen molar-refractivity contribution in [2.24, 2.45) is 0 Å². The lowest BCUT2D eigenvalue weighted by Gasteiger charge is -2.11. The molecule has 2 rings (SSSR count). The number of nitrogens with one attached hydrogen (secondary N) is 2. The molecule has 2 aromatic rings. The predicted octanol–water partition coefficient (Wildman–Crippen LogP) is 2.38. The van der Waals surface area contributed by atoms with Crippen molar-refractivity contribution in [2.75, 3.05) is 38.0 Å². The Balaban J connectivity index is 2.05. The van der Waals surface area contributed by atoms with E-state index in [4.69, 9.17) is 9.47 Å². The molecule has 2 N–H and O–H groups in total. The first-order valence-corrected chi connectivity index (χ1v) is 7.07. The van der Waals surface area contributed by atoms with Crippen LogP contribution in [0.25, 0.3) is 0 Å². The van der Waals surface area contributed by atoms with Gasteiger partial charge in [0.05, 0.1) is 19.0 Å². The summed E-state index contributed by atoms with van der Waals surface area (Å²) in [6.45, 7) is 3.44. The van der Waals surface area contributed by atoms with E-state index in [9.17, 15) is 0 Å². The standard InChI is InChI=1S/C15H21N5O2/c1-11-5-6-13(22-3)12(9-11)18-14-10-17-20-15(19-14)16-7-4-8-21-2/h5-6,9-10H,4,7-8H2,1-3H3,(H2,16,18,19,20). The van der Waals surface area contributed by atoms with Gasteiger partial charge < -0.3 is 20.1 Å². The summed E-state index contributed by atoms with van der Waals surface area (Å²) in [7, 11) is 3.31. The topological polar surface area (TPSA) is 81.2 Å². The van der Waals surface area contributed by atoms with E-state index >= 15 is 0 Å². The van der Waals surface area contributed by atoms with Crippen LogP contribution in [-0.2, 0) is 4.74 Å². The van der Waals surface area contributed by atoms with Gasteiger partial charge in [-0.25, -0.2) is 0 Å². The van der Waals surface area contributed by atoms with E-state index in [1.54, 1.807) is 20.4 Å². The molecule has 0 fully saturated rings. The maximum absolute atomic E-state index is 5.34. The first kappa shape index (κ1) is 16.0. The zero-order valence-corrected chi connectivity index (χ0v) is 13.1. The van der Waals surface area contributed by atoms with E-state index in [1.165, 1.54) is 0 Å². The molecule has 0 saturated carbocycles. The van der Waals surface area contributed by atoms with Crippen LogP contribution in [-0.4, -0.2) is 42.6 Å². The SMILES string of the molecule is COCCCNc1nncc(Nc2cc(C)ccc2OC)n1. The number of hydrogen-bond donors (Lipinski definition) is 2. The smallest absolute Gasteiger partial charge is 0.244 e. The minimum Gasteiger partial charge on any atom is -0.495 e. The lowest BCUT2D eigenvalue weighted by atomic mass is 10.2. The van der Waals surface area contributed by atoms with Crippen molar-refractivity contribution < 1.29 is 9.47 Å². The van der Waals surface area contributed by atoms with E-state index in [0.717, 1.165) is 30.0 Å². The highest BCUT2D eigenvalue weighted by Crippen LogP contribution is 2.27. The molecule has 1 heterocycles. The summed E-state index contributed by atoms with van der Waals surface area (Å²) >= 11 is 0. The van der Waals surface area contributed by atoms with Gasteiger partial charge in [-0.15, -0.1) is 5.10 Å². The molecule has 1 aromatic heterocycles. The Hall–Kier alpha value is -2.41. The highest BCUT2D eigenvalue weighted by molar-refractivity contribution is 5.65. The molecule has 1 aromatic carbocycles. The normalized spacial score (nSPS) is 10.3. The van der Waals surface area contributed by atoms with Gasteiger partial charge in [0.2, 0.25) is 5.95 Å². The third-order valence-electron chi connectivity index (χ3n) is 2.98. The average Bonchev–Trinajstić information content (AvgIpc) is 2.52. The number of benzene rings is 1. The molecule has 0 aliphatic carbocycles. The van der Waals surface area contributed by atoms with Crippen LogP contribution < -0.4 is 15.4 Å². The quantitative estimate of drug-likeness (QED) is 0.725. The van der Waals surface area contributed by atoms with Gasteiger partial charge >= 0.3 is 0 Å². The molecule has 0 radical (unpaired) electrons. The first-order valence-electron chi connectivity index (χ1n) is 7.07. The minimum atomic E-state index is 0.479. The zero-order valence-electron chi connectivity index (χ0n) is 13.1. The zero-order chi connectivity index (χ0) is 15.8. The number of aromatic nitrogens is 3. The van der Waals surface area contributed by atoms with E-state index < -0.39 is 0 Å². The summed E-state index contributed by atoms with van der Waals surface area (Å²) in [6.07, 6.45) is 2.45. The molecule has 0 aliphatic heterocycles. The van der Waals surface area contributed by atoms with Crippen LogP contribution in [0.5, 0.6) is 5.75 Å². The maximum atomic E-state index is 5.34. The maximum Gasteiger partial charge on any atom is 0.244 e. The van der Waals surface area contributed by atoms with Crippen LogP contribution in [0.4, 0.5) is 17.5 Å². The van der Waals surface area contributed by atoms with Crippen LogP contribution in [0.3, 0.4) is 0 Å². The van der Waals surface area contributed by atoms with Crippen molar-refractivity contribution >= 4 is 17.5 Å². The number of aryl methyl sites for hydroxylation is 1. The number of anilines is 3. The second-order valence-corrected chi connectivity index (χ2v) is 4.77.